The summed E-state index contributed by atoms with van der Waals surface area (Å²) in [5.74, 6) is 3.88. The zero-order valence-corrected chi connectivity index (χ0v) is 18.9. The monoisotopic (exact) mass is 462 g/mol. The molecule has 0 aliphatic rings. The van der Waals surface area contributed by atoms with Gasteiger partial charge in [-0.1, -0.05) is 73.5 Å². The van der Waals surface area contributed by atoms with E-state index in [1.807, 2.05) is 12.1 Å². The largest absolute Gasteiger partial charge is 0.206 e. The van der Waals surface area contributed by atoms with Crippen LogP contribution >= 0.6 is 11.6 Å². The van der Waals surface area contributed by atoms with E-state index in [0.717, 1.165) is 29.7 Å². The molecule has 4 rings (SSSR count). The van der Waals surface area contributed by atoms with Crippen molar-refractivity contribution in [3.05, 3.63) is 106 Å². The molecule has 0 unspecified atom stereocenters. The first-order valence-electron chi connectivity index (χ1n) is 10.9. The Morgan fingerprint density at radius 3 is 2.12 bits per heavy atom. The molecular weight excluding hydrogens is 441 g/mol. The summed E-state index contributed by atoms with van der Waals surface area (Å²) in [6.07, 6.45) is 4.71. The van der Waals surface area contributed by atoms with E-state index in [0.29, 0.717) is 10.8 Å². The van der Waals surface area contributed by atoms with Crippen LogP contribution in [0.25, 0.3) is 21.9 Å². The summed E-state index contributed by atoms with van der Waals surface area (Å²) >= 11 is 5.54. The Kier molecular flexibility index (Phi) is 7.06. The number of aryl methyl sites for hydroxylation is 1. The lowest BCUT2D eigenvalue weighted by Gasteiger charge is -2.09. The highest BCUT2D eigenvalue weighted by Crippen LogP contribution is 2.32. The fourth-order valence-electron chi connectivity index (χ4n) is 3.78. The Balaban J connectivity index is 1.58. The summed E-state index contributed by atoms with van der Waals surface area (Å²) in [7, 11) is 0. The van der Waals surface area contributed by atoms with Crippen LogP contribution in [0.1, 0.15) is 42.9 Å². The van der Waals surface area contributed by atoms with Gasteiger partial charge in [0.1, 0.15) is 22.5 Å². The lowest BCUT2D eigenvalue weighted by molar-refractivity contribution is 0.584. The highest BCUT2D eigenvalue weighted by molar-refractivity contribution is 6.31. The normalized spacial score (nSPS) is 10.8. The van der Waals surface area contributed by atoms with Gasteiger partial charge in [0.25, 0.3) is 0 Å². The second-order valence-corrected chi connectivity index (χ2v) is 8.40. The molecule has 0 radical (unpaired) electrons. The van der Waals surface area contributed by atoms with Crippen LogP contribution in [-0.4, -0.2) is 0 Å². The number of benzene rings is 4. The van der Waals surface area contributed by atoms with Crippen molar-refractivity contribution >= 4 is 22.4 Å². The molecule has 0 fully saturated rings. The van der Waals surface area contributed by atoms with Crippen molar-refractivity contribution in [2.45, 2.75) is 32.6 Å². The van der Waals surface area contributed by atoms with Gasteiger partial charge in [0.2, 0.25) is 0 Å². The number of rotatable bonds is 5. The molecule has 0 aromatic heterocycles. The Morgan fingerprint density at radius 1 is 0.758 bits per heavy atom. The summed E-state index contributed by atoms with van der Waals surface area (Å²) in [5, 5.41) is 0.406. The van der Waals surface area contributed by atoms with Gasteiger partial charge in [-0.05, 0) is 65.8 Å². The van der Waals surface area contributed by atoms with Crippen LogP contribution in [0.4, 0.5) is 13.2 Å². The maximum absolute atomic E-state index is 15.1. The second-order valence-electron chi connectivity index (χ2n) is 8.02. The van der Waals surface area contributed by atoms with Crippen LogP contribution in [0.15, 0.2) is 66.7 Å². The van der Waals surface area contributed by atoms with Crippen LogP contribution < -0.4 is 0 Å². The summed E-state index contributed by atoms with van der Waals surface area (Å²) in [6, 6.07) is 18.7. The zero-order chi connectivity index (χ0) is 23.4. The summed E-state index contributed by atoms with van der Waals surface area (Å²) in [4.78, 5) is 0. The third-order valence-electron chi connectivity index (χ3n) is 5.62. The fourth-order valence-corrected chi connectivity index (χ4v) is 3.89. The van der Waals surface area contributed by atoms with Crippen molar-refractivity contribution < 1.29 is 13.2 Å². The molecule has 0 aliphatic heterocycles. The molecular formula is C29H22ClF3. The van der Waals surface area contributed by atoms with Crippen molar-refractivity contribution in [2.75, 3.05) is 0 Å². The Bertz CT molecular complexity index is 1340. The molecule has 0 spiro atoms. The average molecular weight is 463 g/mol. The number of fused-ring (bicyclic) bond motifs is 1. The second kappa shape index (κ2) is 10.1. The third kappa shape index (κ3) is 5.24. The van der Waals surface area contributed by atoms with E-state index in [2.05, 4.69) is 30.9 Å². The Hall–Kier alpha value is -3.22. The predicted molar refractivity (Wildman–Crippen MR) is 130 cm³/mol. The van der Waals surface area contributed by atoms with Gasteiger partial charge in [0.15, 0.2) is 0 Å². The van der Waals surface area contributed by atoms with E-state index >= 15 is 4.39 Å². The minimum atomic E-state index is -0.925. The van der Waals surface area contributed by atoms with Crippen LogP contribution in [0.3, 0.4) is 0 Å². The maximum Gasteiger partial charge on any atom is 0.145 e. The molecule has 0 N–H and O–H groups in total. The predicted octanol–water partition coefficient (Wildman–Crippen LogP) is 8.71. The minimum absolute atomic E-state index is 0.0933. The molecule has 33 heavy (non-hydrogen) atoms. The van der Waals surface area contributed by atoms with Gasteiger partial charge >= 0.3 is 0 Å². The molecule has 166 valence electrons. The van der Waals surface area contributed by atoms with Gasteiger partial charge in [-0.2, -0.15) is 0 Å². The molecule has 0 aliphatic carbocycles. The SMILES string of the molecule is CCCCCc1ccc(C#Cc2ccc3c(F)c(-c4cc(F)c(Cl)c(F)c4)ccc3c2)cc1. The molecule has 0 amide bonds. The molecule has 4 aromatic rings. The Labute approximate surface area is 197 Å². The van der Waals surface area contributed by atoms with Crippen LogP contribution in [-0.2, 0) is 6.42 Å². The van der Waals surface area contributed by atoms with Gasteiger partial charge < -0.3 is 0 Å². The molecule has 0 saturated heterocycles. The quantitative estimate of drug-likeness (QED) is 0.158. The van der Waals surface area contributed by atoms with Crippen molar-refractivity contribution in [3.8, 4) is 23.0 Å². The van der Waals surface area contributed by atoms with Crippen molar-refractivity contribution in [2.24, 2.45) is 0 Å². The van der Waals surface area contributed by atoms with Crippen molar-refractivity contribution in [1.29, 1.82) is 0 Å². The first-order valence-corrected chi connectivity index (χ1v) is 11.3. The molecule has 0 bridgehead atoms. The lowest BCUT2D eigenvalue weighted by atomic mass is 9.98. The van der Waals surface area contributed by atoms with Crippen LogP contribution in [0.5, 0.6) is 0 Å². The highest BCUT2D eigenvalue weighted by Gasteiger charge is 2.14. The molecule has 4 aromatic carbocycles. The standard InChI is InChI=1S/C29H22ClF3/c1-2-3-4-5-19-6-8-20(9-7-19)10-11-21-12-14-24-22(16-21)13-15-25(29(24)33)23-17-26(31)28(30)27(32)18-23/h6-9,12-18H,2-5H2,1H3. The fraction of sp³-hybridized carbons (Fsp3) is 0.172. The third-order valence-corrected chi connectivity index (χ3v) is 5.98. The molecule has 4 heteroatoms. The average Bonchev–Trinajstić information content (AvgIpc) is 2.82. The first kappa shape index (κ1) is 23.0. The van der Waals surface area contributed by atoms with Gasteiger partial charge in [0.05, 0.1) is 0 Å². The van der Waals surface area contributed by atoms with E-state index in [1.165, 1.54) is 30.9 Å². The maximum atomic E-state index is 15.1. The molecule has 0 nitrogen and oxygen atoms in total. The first-order chi connectivity index (χ1) is 16.0. The van der Waals surface area contributed by atoms with E-state index in [4.69, 9.17) is 11.6 Å². The Morgan fingerprint density at radius 2 is 1.42 bits per heavy atom. The van der Waals surface area contributed by atoms with E-state index in [1.54, 1.807) is 24.3 Å². The molecule has 0 saturated carbocycles. The number of unbranched alkanes of at least 4 members (excludes halogenated alkanes) is 2. The lowest BCUT2D eigenvalue weighted by Crippen LogP contribution is -1.91. The summed E-state index contributed by atoms with van der Waals surface area (Å²) < 4.78 is 42.8. The van der Waals surface area contributed by atoms with Gasteiger partial charge in [0, 0.05) is 22.1 Å². The molecule has 0 heterocycles. The van der Waals surface area contributed by atoms with Gasteiger partial charge in [-0.25, -0.2) is 13.2 Å². The number of halogens is 4. The van der Waals surface area contributed by atoms with Gasteiger partial charge in [-0.3, -0.25) is 0 Å². The van der Waals surface area contributed by atoms with E-state index in [9.17, 15) is 8.78 Å². The number of hydrogen-bond donors (Lipinski definition) is 0. The smallest absolute Gasteiger partial charge is 0.145 e. The van der Waals surface area contributed by atoms with Gasteiger partial charge in [-0.15, -0.1) is 0 Å². The summed E-state index contributed by atoms with van der Waals surface area (Å²) in [6.45, 7) is 2.20. The van der Waals surface area contributed by atoms with E-state index < -0.39 is 22.5 Å². The minimum Gasteiger partial charge on any atom is -0.206 e. The highest BCUT2D eigenvalue weighted by atomic mass is 35.5. The van der Waals surface area contributed by atoms with Crippen LogP contribution in [0, 0.1) is 29.3 Å². The van der Waals surface area contributed by atoms with Crippen LogP contribution in [0.2, 0.25) is 5.02 Å². The summed E-state index contributed by atoms with van der Waals surface area (Å²) in [5.41, 5.74) is 3.19. The van der Waals surface area contributed by atoms with Crippen molar-refractivity contribution in [3.63, 3.8) is 0 Å². The topological polar surface area (TPSA) is 0 Å². The molecule has 0 atom stereocenters. The zero-order valence-electron chi connectivity index (χ0n) is 18.2. The van der Waals surface area contributed by atoms with E-state index in [-0.39, 0.29) is 11.1 Å². The van der Waals surface area contributed by atoms with Crippen molar-refractivity contribution in [1.82, 2.24) is 0 Å². The number of hydrogen-bond acceptors (Lipinski definition) is 0.